The molecule has 1 aromatic heterocycles. The molecule has 5 nitrogen and oxygen atoms in total. The maximum atomic E-state index is 12.5. The van der Waals surface area contributed by atoms with Gasteiger partial charge in [0.15, 0.2) is 0 Å². The van der Waals surface area contributed by atoms with Crippen molar-refractivity contribution in [2.75, 3.05) is 7.11 Å². The number of ether oxygens (including phenoxy) is 2. The molecule has 0 aliphatic carbocycles. The number of hydrogen-bond donors (Lipinski definition) is 1. The molecular formula is C21H26N2O3. The van der Waals surface area contributed by atoms with E-state index in [-0.39, 0.29) is 24.2 Å². The molecule has 1 amide bonds. The Labute approximate surface area is 154 Å². The summed E-state index contributed by atoms with van der Waals surface area (Å²) in [4.78, 5) is 16.8. The summed E-state index contributed by atoms with van der Waals surface area (Å²) >= 11 is 0. The zero-order valence-electron chi connectivity index (χ0n) is 15.5. The molecule has 2 aromatic rings. The maximum absolute atomic E-state index is 12.5. The highest BCUT2D eigenvalue weighted by Crippen LogP contribution is 2.34. The first kappa shape index (κ1) is 18.4. The Morgan fingerprint density at radius 2 is 1.96 bits per heavy atom. The molecule has 0 saturated carbocycles. The van der Waals surface area contributed by atoms with Crippen LogP contribution in [0.5, 0.6) is 5.88 Å². The summed E-state index contributed by atoms with van der Waals surface area (Å²) in [5, 5.41) is 3.18. The van der Waals surface area contributed by atoms with Crippen LogP contribution in [0, 0.1) is 5.92 Å². The van der Waals surface area contributed by atoms with Gasteiger partial charge < -0.3 is 14.8 Å². The van der Waals surface area contributed by atoms with Crippen molar-refractivity contribution in [1.29, 1.82) is 0 Å². The lowest BCUT2D eigenvalue weighted by molar-refractivity contribution is -0.0824. The molecule has 0 spiro atoms. The molecule has 1 aromatic carbocycles. The number of methoxy groups -OCH3 is 1. The fourth-order valence-electron chi connectivity index (χ4n) is 3.28. The molecule has 2 heterocycles. The number of benzene rings is 1. The van der Waals surface area contributed by atoms with Crippen LogP contribution in [0.3, 0.4) is 0 Å². The Hall–Kier alpha value is -2.40. The van der Waals surface area contributed by atoms with Crippen LogP contribution in [0.2, 0.25) is 0 Å². The molecule has 3 atom stereocenters. The number of rotatable bonds is 5. The summed E-state index contributed by atoms with van der Waals surface area (Å²) < 4.78 is 11.4. The van der Waals surface area contributed by atoms with Gasteiger partial charge in [-0.3, -0.25) is 4.79 Å². The Morgan fingerprint density at radius 1 is 1.19 bits per heavy atom. The van der Waals surface area contributed by atoms with Crippen molar-refractivity contribution in [1.82, 2.24) is 10.3 Å². The number of carbonyl (C=O) groups excluding carboxylic acids is 1. The van der Waals surface area contributed by atoms with Crippen molar-refractivity contribution < 1.29 is 14.3 Å². The average molecular weight is 354 g/mol. The summed E-state index contributed by atoms with van der Waals surface area (Å²) in [7, 11) is 1.60. The Kier molecular flexibility index (Phi) is 5.89. The molecule has 1 aliphatic rings. The predicted molar refractivity (Wildman–Crippen MR) is 100 cm³/mol. The third kappa shape index (κ3) is 4.41. The van der Waals surface area contributed by atoms with Gasteiger partial charge in [-0.05, 0) is 42.5 Å². The largest absolute Gasteiger partial charge is 0.481 e. The maximum Gasteiger partial charge on any atom is 0.251 e. The van der Waals surface area contributed by atoms with Gasteiger partial charge in [-0.25, -0.2) is 4.98 Å². The fourth-order valence-corrected chi connectivity index (χ4v) is 3.28. The number of aromatic nitrogens is 1. The van der Waals surface area contributed by atoms with E-state index < -0.39 is 0 Å². The summed E-state index contributed by atoms with van der Waals surface area (Å²) in [6.07, 6.45) is 3.35. The second-order valence-corrected chi connectivity index (χ2v) is 7.05. The molecular weight excluding hydrogens is 328 g/mol. The highest BCUT2D eigenvalue weighted by molar-refractivity contribution is 5.94. The number of carbonyl (C=O) groups is 1. The molecule has 26 heavy (non-hydrogen) atoms. The molecule has 3 rings (SSSR count). The minimum absolute atomic E-state index is 0.0355. The molecule has 5 heteroatoms. The quantitative estimate of drug-likeness (QED) is 0.888. The van der Waals surface area contributed by atoms with E-state index in [1.807, 2.05) is 42.5 Å². The van der Waals surface area contributed by atoms with Gasteiger partial charge in [-0.2, -0.15) is 0 Å². The van der Waals surface area contributed by atoms with Gasteiger partial charge in [0.1, 0.15) is 0 Å². The van der Waals surface area contributed by atoms with Gasteiger partial charge in [0, 0.05) is 23.9 Å². The molecule has 0 unspecified atom stereocenters. The van der Waals surface area contributed by atoms with Crippen LogP contribution in [-0.2, 0) is 4.74 Å². The van der Waals surface area contributed by atoms with Gasteiger partial charge in [0.2, 0.25) is 5.88 Å². The normalized spacial score (nSPS) is 22.8. The predicted octanol–water partition coefficient (Wildman–Crippen LogP) is 3.76. The zero-order chi connectivity index (χ0) is 18.5. The highest BCUT2D eigenvalue weighted by Gasteiger charge is 2.33. The van der Waals surface area contributed by atoms with Crippen LogP contribution < -0.4 is 10.1 Å². The minimum Gasteiger partial charge on any atom is -0.481 e. The summed E-state index contributed by atoms with van der Waals surface area (Å²) in [6.45, 7) is 4.30. The van der Waals surface area contributed by atoms with Crippen molar-refractivity contribution in [3.8, 4) is 5.88 Å². The second kappa shape index (κ2) is 8.32. The topological polar surface area (TPSA) is 60.5 Å². The van der Waals surface area contributed by atoms with Crippen molar-refractivity contribution in [3.05, 3.63) is 59.8 Å². The van der Waals surface area contributed by atoms with Crippen LogP contribution in [0.25, 0.3) is 0 Å². The molecule has 138 valence electrons. The monoisotopic (exact) mass is 354 g/mol. The lowest BCUT2D eigenvalue weighted by Gasteiger charge is -2.37. The zero-order valence-corrected chi connectivity index (χ0v) is 15.5. The van der Waals surface area contributed by atoms with Crippen molar-refractivity contribution in [2.45, 2.75) is 44.9 Å². The van der Waals surface area contributed by atoms with Crippen molar-refractivity contribution in [2.24, 2.45) is 5.92 Å². The van der Waals surface area contributed by atoms with E-state index in [0.29, 0.717) is 17.4 Å². The minimum atomic E-state index is -0.0874. The molecule has 0 radical (unpaired) electrons. The summed E-state index contributed by atoms with van der Waals surface area (Å²) in [5.74, 6) is 0.922. The van der Waals surface area contributed by atoms with Gasteiger partial charge in [0.25, 0.3) is 5.91 Å². The lowest BCUT2D eigenvalue weighted by atomic mass is 9.90. The fraction of sp³-hybridized carbons (Fsp3) is 0.429. The van der Waals surface area contributed by atoms with E-state index in [2.05, 4.69) is 24.1 Å². The number of pyridine rings is 1. The number of nitrogens with zero attached hydrogens (tertiary/aromatic N) is 1. The van der Waals surface area contributed by atoms with Crippen LogP contribution in [-0.4, -0.2) is 30.1 Å². The summed E-state index contributed by atoms with van der Waals surface area (Å²) in [6, 6.07) is 13.2. The van der Waals surface area contributed by atoms with Crippen molar-refractivity contribution >= 4 is 5.91 Å². The van der Waals surface area contributed by atoms with Gasteiger partial charge >= 0.3 is 0 Å². The van der Waals surface area contributed by atoms with Gasteiger partial charge in [-0.15, -0.1) is 0 Å². The third-order valence-electron chi connectivity index (χ3n) is 4.81. The van der Waals surface area contributed by atoms with E-state index >= 15 is 0 Å². The smallest absolute Gasteiger partial charge is 0.251 e. The second-order valence-electron chi connectivity index (χ2n) is 7.05. The highest BCUT2D eigenvalue weighted by atomic mass is 16.5. The van der Waals surface area contributed by atoms with E-state index in [0.717, 1.165) is 18.4 Å². The van der Waals surface area contributed by atoms with Crippen molar-refractivity contribution in [3.63, 3.8) is 0 Å². The standard InChI is InChI=1S/C21H26N2O3/c1-14(2)18-11-17(23-21(24)15-7-5-4-6-8-15)12-19(26-18)16-9-10-20(25-3)22-13-16/h4-10,13-14,17-19H,11-12H2,1-3H3,(H,23,24)/t17-,18-,19+/m1/s1. The molecule has 1 N–H and O–H groups in total. The Morgan fingerprint density at radius 3 is 2.58 bits per heavy atom. The molecule has 1 aliphatic heterocycles. The first-order valence-corrected chi connectivity index (χ1v) is 9.08. The molecule has 1 saturated heterocycles. The van der Waals surface area contributed by atoms with Crippen LogP contribution in [0.1, 0.15) is 48.7 Å². The molecule has 0 bridgehead atoms. The van der Waals surface area contributed by atoms with E-state index in [4.69, 9.17) is 9.47 Å². The van der Waals surface area contributed by atoms with Crippen LogP contribution in [0.15, 0.2) is 48.7 Å². The average Bonchev–Trinajstić information content (AvgIpc) is 2.68. The first-order chi connectivity index (χ1) is 12.6. The Balaban J connectivity index is 1.73. The number of hydrogen-bond acceptors (Lipinski definition) is 4. The first-order valence-electron chi connectivity index (χ1n) is 9.08. The Bertz CT molecular complexity index is 716. The van der Waals surface area contributed by atoms with E-state index in [1.54, 1.807) is 13.3 Å². The van der Waals surface area contributed by atoms with Crippen LogP contribution in [0.4, 0.5) is 0 Å². The lowest BCUT2D eigenvalue weighted by Crippen LogP contribution is -2.44. The third-order valence-corrected chi connectivity index (χ3v) is 4.81. The van der Waals surface area contributed by atoms with Gasteiger partial charge in [0.05, 0.1) is 19.3 Å². The number of amides is 1. The van der Waals surface area contributed by atoms with E-state index in [1.165, 1.54) is 0 Å². The molecule has 1 fully saturated rings. The van der Waals surface area contributed by atoms with Crippen LogP contribution >= 0.6 is 0 Å². The summed E-state index contributed by atoms with van der Waals surface area (Å²) in [5.41, 5.74) is 1.69. The SMILES string of the molecule is COc1ccc([C@@H]2C[C@H](NC(=O)c3ccccc3)C[C@H](C(C)C)O2)cn1. The number of nitrogens with one attached hydrogen (secondary N) is 1. The van der Waals surface area contributed by atoms with Gasteiger partial charge in [-0.1, -0.05) is 32.0 Å². The van der Waals surface area contributed by atoms with E-state index in [9.17, 15) is 4.79 Å².